The quantitative estimate of drug-likeness (QED) is 0.767. The Balaban J connectivity index is 1.58. The third-order valence-electron chi connectivity index (χ3n) is 5.82. The van der Waals surface area contributed by atoms with Gasteiger partial charge in [-0.25, -0.2) is 0 Å². The lowest BCUT2D eigenvalue weighted by Gasteiger charge is -2.41. The van der Waals surface area contributed by atoms with Crippen molar-refractivity contribution in [3.05, 3.63) is 0 Å². The van der Waals surface area contributed by atoms with Crippen LogP contribution in [-0.4, -0.2) is 54.4 Å². The summed E-state index contributed by atoms with van der Waals surface area (Å²) in [4.78, 5) is -0.199. The Morgan fingerprint density at radius 2 is 1.61 bits per heavy atom. The molecule has 6 atom stereocenters. The second kappa shape index (κ2) is 7.20. The zero-order chi connectivity index (χ0) is 15.7. The van der Waals surface area contributed by atoms with Gasteiger partial charge in [-0.3, -0.25) is 0 Å². The standard InChI is InChI=1S/C18H30O4S/c1-2-23-18-10-9-14-15(5-3-11-20-14)21-17(18)8-7-13-16(22-18)6-4-12-19-13/h13-17H,2-12H2,1H3/t13-,14+,15-,16+,17+,18+/m1/s1. The highest BCUT2D eigenvalue weighted by atomic mass is 32.2. The molecule has 4 saturated heterocycles. The van der Waals surface area contributed by atoms with Crippen molar-refractivity contribution < 1.29 is 18.9 Å². The summed E-state index contributed by atoms with van der Waals surface area (Å²) in [6.07, 6.45) is 9.96. The first kappa shape index (κ1) is 16.6. The van der Waals surface area contributed by atoms with Crippen LogP contribution in [-0.2, 0) is 18.9 Å². The van der Waals surface area contributed by atoms with Gasteiger partial charge in [0.05, 0.1) is 30.5 Å². The fourth-order valence-corrected chi connectivity index (χ4v) is 6.01. The number of thioether (sulfide) groups is 1. The Morgan fingerprint density at radius 3 is 2.39 bits per heavy atom. The molecule has 4 rings (SSSR count). The summed E-state index contributed by atoms with van der Waals surface area (Å²) in [5, 5.41) is 0. The highest BCUT2D eigenvalue weighted by Crippen LogP contribution is 2.48. The number of rotatable bonds is 2. The van der Waals surface area contributed by atoms with E-state index < -0.39 is 0 Å². The van der Waals surface area contributed by atoms with Gasteiger partial charge in [-0.2, -0.15) is 0 Å². The first-order valence-electron chi connectivity index (χ1n) is 9.51. The molecule has 0 aromatic heterocycles. The molecule has 4 aliphatic heterocycles. The minimum absolute atomic E-state index is 0.179. The average molecular weight is 343 g/mol. The van der Waals surface area contributed by atoms with Crippen LogP contribution in [0.25, 0.3) is 0 Å². The molecule has 5 heteroatoms. The lowest BCUT2D eigenvalue weighted by Crippen LogP contribution is -2.46. The van der Waals surface area contributed by atoms with E-state index in [1.165, 1.54) is 0 Å². The summed E-state index contributed by atoms with van der Waals surface area (Å²) >= 11 is 1.95. The molecule has 0 aliphatic carbocycles. The summed E-state index contributed by atoms with van der Waals surface area (Å²) < 4.78 is 25.5. The van der Waals surface area contributed by atoms with Crippen LogP contribution in [0.5, 0.6) is 0 Å². The number of hydrogen-bond acceptors (Lipinski definition) is 5. The molecule has 0 unspecified atom stereocenters. The normalized spacial score (nSPS) is 47.6. The van der Waals surface area contributed by atoms with Crippen LogP contribution < -0.4 is 0 Å². The summed E-state index contributed by atoms with van der Waals surface area (Å²) in [6, 6.07) is 0. The van der Waals surface area contributed by atoms with E-state index in [0.29, 0.717) is 0 Å². The Kier molecular flexibility index (Phi) is 5.21. The highest BCUT2D eigenvalue weighted by molar-refractivity contribution is 8.00. The summed E-state index contributed by atoms with van der Waals surface area (Å²) in [7, 11) is 0. The van der Waals surface area contributed by atoms with Crippen molar-refractivity contribution in [2.24, 2.45) is 0 Å². The molecule has 132 valence electrons. The van der Waals surface area contributed by atoms with Crippen LogP contribution in [0.15, 0.2) is 0 Å². The van der Waals surface area contributed by atoms with Gasteiger partial charge < -0.3 is 18.9 Å². The zero-order valence-electron chi connectivity index (χ0n) is 14.2. The van der Waals surface area contributed by atoms with Gasteiger partial charge in [0.15, 0.2) is 0 Å². The van der Waals surface area contributed by atoms with Gasteiger partial charge in [-0.15, -0.1) is 11.8 Å². The Labute approximate surface area is 143 Å². The minimum atomic E-state index is -0.199. The van der Waals surface area contributed by atoms with Crippen molar-refractivity contribution in [2.45, 2.75) is 93.7 Å². The molecule has 4 fully saturated rings. The van der Waals surface area contributed by atoms with Crippen LogP contribution in [0.2, 0.25) is 0 Å². The van der Waals surface area contributed by atoms with Crippen molar-refractivity contribution in [3.8, 4) is 0 Å². The molecule has 0 aromatic rings. The maximum Gasteiger partial charge on any atom is 0.140 e. The smallest absolute Gasteiger partial charge is 0.140 e. The first-order valence-corrected chi connectivity index (χ1v) is 10.5. The van der Waals surface area contributed by atoms with Gasteiger partial charge in [-0.1, -0.05) is 6.92 Å². The van der Waals surface area contributed by atoms with Crippen molar-refractivity contribution in [2.75, 3.05) is 19.0 Å². The second-order valence-electron chi connectivity index (χ2n) is 7.28. The van der Waals surface area contributed by atoms with Gasteiger partial charge >= 0.3 is 0 Å². The van der Waals surface area contributed by atoms with Crippen molar-refractivity contribution >= 4 is 11.8 Å². The maximum atomic E-state index is 6.79. The van der Waals surface area contributed by atoms with E-state index in [9.17, 15) is 0 Å². The molecule has 0 radical (unpaired) electrons. The largest absolute Gasteiger partial charge is 0.376 e. The first-order chi connectivity index (χ1) is 11.3. The molecule has 4 nitrogen and oxygen atoms in total. The molecule has 0 bridgehead atoms. The van der Waals surface area contributed by atoms with Gasteiger partial charge in [0.25, 0.3) is 0 Å². The lowest BCUT2D eigenvalue weighted by atomic mass is 9.99. The third kappa shape index (κ3) is 3.32. The Morgan fingerprint density at radius 1 is 0.870 bits per heavy atom. The molecule has 0 saturated carbocycles. The summed E-state index contributed by atoms with van der Waals surface area (Å²) in [6.45, 7) is 4.01. The van der Waals surface area contributed by atoms with Crippen LogP contribution in [0.4, 0.5) is 0 Å². The molecule has 23 heavy (non-hydrogen) atoms. The van der Waals surface area contributed by atoms with E-state index >= 15 is 0 Å². The molecule has 0 spiro atoms. The highest BCUT2D eigenvalue weighted by Gasteiger charge is 2.51. The predicted octanol–water partition coefficient (Wildman–Crippen LogP) is 3.52. The van der Waals surface area contributed by atoms with Crippen LogP contribution in [0, 0.1) is 0 Å². The molecule has 0 aromatic carbocycles. The van der Waals surface area contributed by atoms with E-state index in [1.807, 2.05) is 11.8 Å². The molecular formula is C18H30O4S. The van der Waals surface area contributed by atoms with Crippen molar-refractivity contribution in [1.29, 1.82) is 0 Å². The molecule has 0 N–H and O–H groups in total. The summed E-state index contributed by atoms with van der Waals surface area (Å²) in [5.41, 5.74) is 0. The Hall–Kier alpha value is 0.190. The van der Waals surface area contributed by atoms with Gasteiger partial charge in [0, 0.05) is 13.2 Å². The fraction of sp³-hybridized carbons (Fsp3) is 1.00. The van der Waals surface area contributed by atoms with Crippen LogP contribution in [0.3, 0.4) is 0 Å². The summed E-state index contributed by atoms with van der Waals surface area (Å²) in [5.74, 6) is 1.06. The van der Waals surface area contributed by atoms with Crippen LogP contribution in [0.1, 0.15) is 58.3 Å². The number of fused-ring (bicyclic) bond motifs is 3. The zero-order valence-corrected chi connectivity index (χ0v) is 15.0. The molecule has 0 amide bonds. The molecule has 4 heterocycles. The molecular weight excluding hydrogens is 312 g/mol. The van der Waals surface area contributed by atoms with Gasteiger partial charge in [-0.05, 0) is 57.1 Å². The average Bonchev–Trinajstić information content (AvgIpc) is 2.81. The van der Waals surface area contributed by atoms with Crippen molar-refractivity contribution in [3.63, 3.8) is 0 Å². The van der Waals surface area contributed by atoms with Crippen molar-refractivity contribution in [1.82, 2.24) is 0 Å². The number of ether oxygens (including phenoxy) is 4. The molecule has 4 aliphatic rings. The monoisotopic (exact) mass is 342 g/mol. The topological polar surface area (TPSA) is 36.9 Å². The minimum Gasteiger partial charge on any atom is -0.376 e. The van der Waals surface area contributed by atoms with Crippen LogP contribution >= 0.6 is 11.8 Å². The van der Waals surface area contributed by atoms with Gasteiger partial charge in [0.2, 0.25) is 0 Å². The lowest BCUT2D eigenvalue weighted by molar-refractivity contribution is -0.169. The van der Waals surface area contributed by atoms with E-state index in [2.05, 4.69) is 6.92 Å². The fourth-order valence-electron chi connectivity index (χ4n) is 4.71. The Bertz CT molecular complexity index is 404. The number of hydrogen-bond donors (Lipinski definition) is 0. The van der Waals surface area contributed by atoms with E-state index in [-0.39, 0.29) is 35.5 Å². The van der Waals surface area contributed by atoms with E-state index in [4.69, 9.17) is 18.9 Å². The van der Waals surface area contributed by atoms with E-state index in [1.54, 1.807) is 0 Å². The van der Waals surface area contributed by atoms with E-state index in [0.717, 1.165) is 70.3 Å². The van der Waals surface area contributed by atoms with Gasteiger partial charge in [0.1, 0.15) is 4.93 Å². The predicted molar refractivity (Wildman–Crippen MR) is 90.8 cm³/mol. The second-order valence-corrected chi connectivity index (χ2v) is 8.84. The third-order valence-corrected chi connectivity index (χ3v) is 7.16. The SMILES string of the molecule is CCS[C@@]12CC[C@@H]3OCCC[C@H]3O[C@H]1CC[C@H]1OCCC[C@@H]1O2. The maximum absolute atomic E-state index is 6.79.